The standard InChI is InChI=1S/C20H37NO2/c1-19(2)16-8-10-20(19,3)18(14-16)23-13-9-17(22)15-21-11-6-4-5-7-12-21/h16-18,22H,4-15H2,1-3H3. The van der Waals surface area contributed by atoms with E-state index in [9.17, 15) is 5.11 Å². The highest BCUT2D eigenvalue weighted by molar-refractivity contribution is 5.11. The van der Waals surface area contributed by atoms with Crippen molar-refractivity contribution >= 4 is 0 Å². The minimum absolute atomic E-state index is 0.229. The molecule has 2 bridgehead atoms. The summed E-state index contributed by atoms with van der Waals surface area (Å²) in [4.78, 5) is 2.44. The fourth-order valence-electron chi connectivity index (χ4n) is 5.44. The van der Waals surface area contributed by atoms with Gasteiger partial charge in [0.25, 0.3) is 0 Å². The second kappa shape index (κ2) is 7.01. The molecule has 1 aliphatic heterocycles. The molecule has 2 aliphatic carbocycles. The zero-order valence-corrected chi connectivity index (χ0v) is 15.5. The molecule has 1 saturated heterocycles. The van der Waals surface area contributed by atoms with Crippen LogP contribution < -0.4 is 0 Å². The van der Waals surface area contributed by atoms with Gasteiger partial charge in [0.2, 0.25) is 0 Å². The van der Waals surface area contributed by atoms with Crippen molar-refractivity contribution in [2.75, 3.05) is 26.2 Å². The van der Waals surface area contributed by atoms with E-state index in [0.29, 0.717) is 16.9 Å². The number of aliphatic hydroxyl groups is 1. The van der Waals surface area contributed by atoms with E-state index >= 15 is 0 Å². The summed E-state index contributed by atoms with van der Waals surface area (Å²) in [5.74, 6) is 0.833. The third kappa shape index (κ3) is 3.48. The third-order valence-electron chi connectivity index (χ3n) is 7.65. The van der Waals surface area contributed by atoms with E-state index in [1.165, 1.54) is 44.9 Å². The lowest BCUT2D eigenvalue weighted by Gasteiger charge is -2.39. The maximum Gasteiger partial charge on any atom is 0.0689 e. The van der Waals surface area contributed by atoms with Crippen LogP contribution in [0.3, 0.4) is 0 Å². The van der Waals surface area contributed by atoms with Gasteiger partial charge in [-0.3, -0.25) is 0 Å². The second-order valence-electron chi connectivity index (χ2n) is 9.13. The van der Waals surface area contributed by atoms with Crippen molar-refractivity contribution in [3.8, 4) is 0 Å². The molecule has 2 saturated carbocycles. The van der Waals surface area contributed by atoms with Gasteiger partial charge in [-0.2, -0.15) is 0 Å². The van der Waals surface area contributed by atoms with Crippen LogP contribution in [-0.2, 0) is 4.74 Å². The highest BCUT2D eigenvalue weighted by atomic mass is 16.5. The van der Waals surface area contributed by atoms with Crippen molar-refractivity contribution in [3.05, 3.63) is 0 Å². The van der Waals surface area contributed by atoms with Crippen molar-refractivity contribution in [1.29, 1.82) is 0 Å². The minimum atomic E-state index is -0.229. The number of aliphatic hydroxyl groups excluding tert-OH is 1. The molecule has 134 valence electrons. The molecule has 4 unspecified atom stereocenters. The van der Waals surface area contributed by atoms with Crippen molar-refractivity contribution in [1.82, 2.24) is 4.90 Å². The maximum atomic E-state index is 10.3. The van der Waals surface area contributed by atoms with Gasteiger partial charge in [0.05, 0.1) is 12.2 Å². The number of fused-ring (bicyclic) bond motifs is 2. The van der Waals surface area contributed by atoms with Gasteiger partial charge in [-0.15, -0.1) is 0 Å². The van der Waals surface area contributed by atoms with E-state index in [-0.39, 0.29) is 6.10 Å². The Kier molecular flexibility index (Phi) is 5.40. The lowest BCUT2D eigenvalue weighted by atomic mass is 9.70. The molecule has 0 amide bonds. The first kappa shape index (κ1) is 17.7. The summed E-state index contributed by atoms with van der Waals surface area (Å²) in [7, 11) is 0. The Labute approximate surface area is 142 Å². The highest BCUT2D eigenvalue weighted by Gasteiger charge is 2.61. The lowest BCUT2D eigenvalue weighted by Crippen LogP contribution is -2.38. The van der Waals surface area contributed by atoms with Crippen LogP contribution in [0.15, 0.2) is 0 Å². The Bertz CT molecular complexity index is 389. The van der Waals surface area contributed by atoms with Crippen LogP contribution in [0.25, 0.3) is 0 Å². The van der Waals surface area contributed by atoms with Gasteiger partial charge in [-0.1, -0.05) is 33.6 Å². The summed E-state index contributed by atoms with van der Waals surface area (Å²) in [5.41, 5.74) is 0.760. The number of rotatable bonds is 6. The van der Waals surface area contributed by atoms with E-state index in [0.717, 1.165) is 38.6 Å². The molecule has 3 heteroatoms. The van der Waals surface area contributed by atoms with Gasteiger partial charge in [-0.05, 0) is 68.4 Å². The Balaban J connectivity index is 1.40. The maximum absolute atomic E-state index is 10.3. The number of likely N-dealkylation sites (tertiary alicyclic amines) is 1. The molecular formula is C20H37NO2. The Hall–Kier alpha value is -0.120. The van der Waals surface area contributed by atoms with Gasteiger partial charge in [0, 0.05) is 13.2 Å². The van der Waals surface area contributed by atoms with Crippen LogP contribution in [0.5, 0.6) is 0 Å². The molecule has 3 rings (SSSR count). The van der Waals surface area contributed by atoms with Crippen LogP contribution in [-0.4, -0.2) is 48.5 Å². The van der Waals surface area contributed by atoms with Crippen LogP contribution >= 0.6 is 0 Å². The number of nitrogens with zero attached hydrogens (tertiary/aromatic N) is 1. The SMILES string of the molecule is CC1(C)C2CCC1(C)C(OCCC(O)CN1CCCCCC1)C2. The molecule has 0 aromatic heterocycles. The molecule has 0 spiro atoms. The Morgan fingerprint density at radius 1 is 1.13 bits per heavy atom. The Morgan fingerprint density at radius 3 is 2.39 bits per heavy atom. The van der Waals surface area contributed by atoms with E-state index in [4.69, 9.17) is 4.74 Å². The van der Waals surface area contributed by atoms with Crippen molar-refractivity contribution in [2.24, 2.45) is 16.7 Å². The molecule has 0 aromatic carbocycles. The lowest BCUT2D eigenvalue weighted by molar-refractivity contribution is -0.0563. The van der Waals surface area contributed by atoms with Crippen molar-refractivity contribution in [2.45, 2.75) is 84.3 Å². The molecule has 3 fully saturated rings. The third-order valence-corrected chi connectivity index (χ3v) is 7.65. The predicted octanol–water partition coefficient (Wildman–Crippen LogP) is 3.84. The quantitative estimate of drug-likeness (QED) is 0.806. The number of ether oxygens (including phenoxy) is 1. The average Bonchev–Trinajstić information content (AvgIpc) is 2.75. The molecule has 1 N–H and O–H groups in total. The van der Waals surface area contributed by atoms with Gasteiger partial charge >= 0.3 is 0 Å². The van der Waals surface area contributed by atoms with Crippen molar-refractivity contribution in [3.63, 3.8) is 0 Å². The van der Waals surface area contributed by atoms with E-state index in [1.807, 2.05) is 0 Å². The normalized spacial score (nSPS) is 38.6. The Morgan fingerprint density at radius 2 is 1.83 bits per heavy atom. The molecule has 3 aliphatic rings. The number of hydrogen-bond acceptors (Lipinski definition) is 3. The second-order valence-corrected chi connectivity index (χ2v) is 9.13. The zero-order valence-electron chi connectivity index (χ0n) is 15.5. The largest absolute Gasteiger partial charge is 0.392 e. The highest BCUT2D eigenvalue weighted by Crippen LogP contribution is 2.66. The average molecular weight is 324 g/mol. The first-order valence-electron chi connectivity index (χ1n) is 9.95. The topological polar surface area (TPSA) is 32.7 Å². The summed E-state index contributed by atoms with van der Waals surface area (Å²) in [6.45, 7) is 11.2. The van der Waals surface area contributed by atoms with E-state index in [1.54, 1.807) is 0 Å². The smallest absolute Gasteiger partial charge is 0.0689 e. The first-order valence-corrected chi connectivity index (χ1v) is 9.95. The summed E-state index contributed by atoms with van der Waals surface area (Å²) in [6.07, 6.45) is 10.2. The van der Waals surface area contributed by atoms with Crippen molar-refractivity contribution < 1.29 is 9.84 Å². The van der Waals surface area contributed by atoms with Crippen LogP contribution in [0.4, 0.5) is 0 Å². The van der Waals surface area contributed by atoms with Gasteiger partial charge in [0.1, 0.15) is 0 Å². The van der Waals surface area contributed by atoms with E-state index in [2.05, 4.69) is 25.7 Å². The summed E-state index contributed by atoms with van der Waals surface area (Å²) < 4.78 is 6.28. The van der Waals surface area contributed by atoms with Gasteiger partial charge in [-0.25, -0.2) is 0 Å². The molecule has 4 atom stereocenters. The van der Waals surface area contributed by atoms with Gasteiger partial charge < -0.3 is 14.7 Å². The zero-order chi connectivity index (χ0) is 16.5. The fraction of sp³-hybridized carbons (Fsp3) is 1.00. The fourth-order valence-corrected chi connectivity index (χ4v) is 5.44. The van der Waals surface area contributed by atoms with Crippen LogP contribution in [0, 0.1) is 16.7 Å². The molecule has 0 radical (unpaired) electrons. The predicted molar refractivity (Wildman–Crippen MR) is 94.5 cm³/mol. The van der Waals surface area contributed by atoms with E-state index < -0.39 is 0 Å². The first-order chi connectivity index (χ1) is 10.9. The molecule has 0 aromatic rings. The summed E-state index contributed by atoms with van der Waals surface area (Å²) >= 11 is 0. The monoisotopic (exact) mass is 323 g/mol. The number of β-amino-alcohol motifs (C(OH)–C–C–N with tert-alkyl or cyclic N) is 1. The summed E-state index contributed by atoms with van der Waals surface area (Å²) in [6, 6.07) is 0. The molecule has 1 heterocycles. The molecule has 23 heavy (non-hydrogen) atoms. The minimum Gasteiger partial charge on any atom is -0.392 e. The summed E-state index contributed by atoms with van der Waals surface area (Å²) in [5, 5.41) is 10.3. The van der Waals surface area contributed by atoms with Gasteiger partial charge in [0.15, 0.2) is 0 Å². The van der Waals surface area contributed by atoms with Crippen LogP contribution in [0.2, 0.25) is 0 Å². The molecular weight excluding hydrogens is 286 g/mol. The molecule has 3 nitrogen and oxygen atoms in total. The number of hydrogen-bond donors (Lipinski definition) is 1. The van der Waals surface area contributed by atoms with Crippen LogP contribution in [0.1, 0.15) is 72.1 Å².